The Morgan fingerprint density at radius 1 is 1.21 bits per heavy atom. The molecule has 1 aliphatic rings. The van der Waals surface area contributed by atoms with Crippen molar-refractivity contribution in [2.75, 3.05) is 0 Å². The van der Waals surface area contributed by atoms with E-state index in [1.165, 1.54) is 11.1 Å². The van der Waals surface area contributed by atoms with E-state index in [4.69, 9.17) is 4.74 Å². The van der Waals surface area contributed by atoms with Crippen molar-refractivity contribution in [2.24, 2.45) is 0 Å². The third-order valence-corrected chi connectivity index (χ3v) is 4.30. The van der Waals surface area contributed by atoms with Crippen molar-refractivity contribution in [1.82, 2.24) is 10.6 Å². The zero-order valence-corrected chi connectivity index (χ0v) is 14.3. The Hall–Kier alpha value is -2.33. The molecule has 1 amide bonds. The van der Waals surface area contributed by atoms with Crippen molar-refractivity contribution in [3.05, 3.63) is 64.7 Å². The molecule has 0 bridgehead atoms. The molecule has 1 heterocycles. The number of carbonyl (C=O) groups is 1. The zero-order chi connectivity index (χ0) is 16.9. The summed E-state index contributed by atoms with van der Waals surface area (Å²) in [5.41, 5.74) is 4.91. The number of aryl methyl sites for hydroxylation is 1. The number of ether oxygens (including phenoxy) is 1. The zero-order valence-electron chi connectivity index (χ0n) is 14.3. The fraction of sp³-hybridized carbons (Fsp3) is 0.350. The second-order valence-electron chi connectivity index (χ2n) is 6.26. The lowest BCUT2D eigenvalue weighted by Gasteiger charge is -2.17. The van der Waals surface area contributed by atoms with Crippen molar-refractivity contribution >= 4 is 5.91 Å². The van der Waals surface area contributed by atoms with Crippen molar-refractivity contribution in [1.29, 1.82) is 0 Å². The maximum absolute atomic E-state index is 12.4. The lowest BCUT2D eigenvalue weighted by atomic mass is 10.1. The van der Waals surface area contributed by atoms with Crippen LogP contribution in [0.25, 0.3) is 0 Å². The molecule has 0 aliphatic carbocycles. The summed E-state index contributed by atoms with van der Waals surface area (Å²) in [7, 11) is 0. The Kier molecular flexibility index (Phi) is 5.16. The minimum atomic E-state index is -0.470. The summed E-state index contributed by atoms with van der Waals surface area (Å²) < 4.78 is 5.85. The standard InChI is InChI=1S/C20H24N2O2/c1-3-19(24-18-6-4-5-14(2)9-18)20(23)22-11-15-7-8-16-12-21-13-17(16)10-15/h4-10,19,21H,3,11-13H2,1-2H3,(H,22,23). The van der Waals surface area contributed by atoms with Gasteiger partial charge < -0.3 is 15.4 Å². The summed E-state index contributed by atoms with van der Waals surface area (Å²) in [6.07, 6.45) is 0.163. The van der Waals surface area contributed by atoms with E-state index in [1.54, 1.807) is 0 Å². The van der Waals surface area contributed by atoms with Gasteiger partial charge in [-0.25, -0.2) is 0 Å². The molecule has 0 spiro atoms. The van der Waals surface area contributed by atoms with Gasteiger partial charge in [-0.1, -0.05) is 37.3 Å². The van der Waals surface area contributed by atoms with Gasteiger partial charge in [-0.2, -0.15) is 0 Å². The molecule has 0 aromatic heterocycles. The Balaban J connectivity index is 1.58. The SMILES string of the molecule is CCC(Oc1cccc(C)c1)C(=O)NCc1ccc2c(c1)CNC2. The average molecular weight is 324 g/mol. The van der Waals surface area contributed by atoms with Crippen LogP contribution in [0.2, 0.25) is 0 Å². The maximum atomic E-state index is 12.4. The molecule has 0 fully saturated rings. The molecule has 2 aromatic rings. The van der Waals surface area contributed by atoms with Crippen LogP contribution in [0.5, 0.6) is 5.75 Å². The lowest BCUT2D eigenvalue weighted by molar-refractivity contribution is -0.128. The number of hydrogen-bond acceptors (Lipinski definition) is 3. The average Bonchev–Trinajstić information content (AvgIpc) is 3.05. The first-order valence-corrected chi connectivity index (χ1v) is 8.48. The summed E-state index contributed by atoms with van der Waals surface area (Å²) in [5.74, 6) is 0.665. The quantitative estimate of drug-likeness (QED) is 0.858. The van der Waals surface area contributed by atoms with Gasteiger partial charge >= 0.3 is 0 Å². The molecule has 2 N–H and O–H groups in total. The third-order valence-electron chi connectivity index (χ3n) is 4.30. The Labute approximate surface area is 143 Å². The largest absolute Gasteiger partial charge is 0.481 e. The van der Waals surface area contributed by atoms with E-state index in [9.17, 15) is 4.79 Å². The highest BCUT2D eigenvalue weighted by molar-refractivity contribution is 5.81. The lowest BCUT2D eigenvalue weighted by Crippen LogP contribution is -2.37. The third kappa shape index (κ3) is 3.95. The van der Waals surface area contributed by atoms with Crippen molar-refractivity contribution in [3.8, 4) is 5.75 Å². The van der Waals surface area contributed by atoms with E-state index in [1.807, 2.05) is 38.1 Å². The van der Waals surface area contributed by atoms with Gasteiger partial charge in [0, 0.05) is 19.6 Å². The molecule has 1 atom stereocenters. The van der Waals surface area contributed by atoms with Crippen LogP contribution in [0.1, 0.15) is 35.6 Å². The van der Waals surface area contributed by atoms with Gasteiger partial charge in [-0.05, 0) is 47.7 Å². The Morgan fingerprint density at radius 3 is 2.83 bits per heavy atom. The molecule has 2 aromatic carbocycles. The number of benzene rings is 2. The fourth-order valence-electron chi connectivity index (χ4n) is 2.94. The van der Waals surface area contributed by atoms with Crippen LogP contribution in [0.3, 0.4) is 0 Å². The number of nitrogens with one attached hydrogen (secondary N) is 2. The maximum Gasteiger partial charge on any atom is 0.261 e. The Bertz CT molecular complexity index is 727. The summed E-state index contributed by atoms with van der Waals surface area (Å²) >= 11 is 0. The number of rotatable bonds is 6. The minimum absolute atomic E-state index is 0.0716. The Morgan fingerprint density at radius 2 is 2.04 bits per heavy atom. The van der Waals surface area contributed by atoms with Crippen LogP contribution in [0, 0.1) is 6.92 Å². The monoisotopic (exact) mass is 324 g/mol. The molecule has 4 nitrogen and oxygen atoms in total. The minimum Gasteiger partial charge on any atom is -0.481 e. The normalized spacial score (nSPS) is 14.1. The van der Waals surface area contributed by atoms with Crippen molar-refractivity contribution in [3.63, 3.8) is 0 Å². The van der Waals surface area contributed by atoms with Gasteiger partial charge in [0.1, 0.15) is 5.75 Å². The molecule has 24 heavy (non-hydrogen) atoms. The second kappa shape index (κ2) is 7.49. The van der Waals surface area contributed by atoms with Gasteiger partial charge in [0.15, 0.2) is 6.10 Å². The van der Waals surface area contributed by atoms with Crippen LogP contribution < -0.4 is 15.4 Å². The molecule has 1 unspecified atom stereocenters. The summed E-state index contributed by atoms with van der Waals surface area (Å²) in [5, 5.41) is 6.32. The van der Waals surface area contributed by atoms with E-state index >= 15 is 0 Å². The number of fused-ring (bicyclic) bond motifs is 1. The fourth-order valence-corrected chi connectivity index (χ4v) is 2.94. The number of hydrogen-bond donors (Lipinski definition) is 2. The van der Waals surface area contributed by atoms with Gasteiger partial charge in [0.05, 0.1) is 0 Å². The van der Waals surface area contributed by atoms with Gasteiger partial charge in [0.2, 0.25) is 0 Å². The molecule has 4 heteroatoms. The highest BCUT2D eigenvalue weighted by Gasteiger charge is 2.18. The smallest absolute Gasteiger partial charge is 0.261 e. The first-order chi connectivity index (χ1) is 11.7. The highest BCUT2D eigenvalue weighted by Crippen LogP contribution is 2.18. The topological polar surface area (TPSA) is 50.4 Å². The van der Waals surface area contributed by atoms with Crippen LogP contribution in [0.15, 0.2) is 42.5 Å². The highest BCUT2D eigenvalue weighted by atomic mass is 16.5. The van der Waals surface area contributed by atoms with Crippen LogP contribution in [-0.4, -0.2) is 12.0 Å². The number of amides is 1. The van der Waals surface area contributed by atoms with Gasteiger partial charge in [-0.15, -0.1) is 0 Å². The van der Waals surface area contributed by atoms with Crippen molar-refractivity contribution in [2.45, 2.75) is 46.0 Å². The van der Waals surface area contributed by atoms with E-state index in [2.05, 4.69) is 28.8 Å². The van der Waals surface area contributed by atoms with Crippen LogP contribution >= 0.6 is 0 Å². The predicted molar refractivity (Wildman–Crippen MR) is 94.7 cm³/mol. The molecule has 3 rings (SSSR count). The summed E-state index contributed by atoms with van der Waals surface area (Å²) in [6, 6.07) is 14.2. The summed E-state index contributed by atoms with van der Waals surface area (Å²) in [4.78, 5) is 12.4. The first kappa shape index (κ1) is 16.5. The van der Waals surface area contributed by atoms with E-state index in [0.29, 0.717) is 13.0 Å². The molecular weight excluding hydrogens is 300 g/mol. The molecular formula is C20H24N2O2. The predicted octanol–water partition coefficient (Wildman–Crippen LogP) is 3.07. The molecule has 0 saturated heterocycles. The van der Waals surface area contributed by atoms with Gasteiger partial charge in [-0.3, -0.25) is 4.79 Å². The van der Waals surface area contributed by atoms with Gasteiger partial charge in [0.25, 0.3) is 5.91 Å². The van der Waals surface area contributed by atoms with E-state index in [0.717, 1.165) is 30.0 Å². The first-order valence-electron chi connectivity index (χ1n) is 8.48. The molecule has 1 aliphatic heterocycles. The van der Waals surface area contributed by atoms with Crippen molar-refractivity contribution < 1.29 is 9.53 Å². The molecule has 126 valence electrons. The molecule has 0 radical (unpaired) electrons. The van der Waals surface area contributed by atoms with Crippen LogP contribution in [-0.2, 0) is 24.4 Å². The van der Waals surface area contributed by atoms with Crippen LogP contribution in [0.4, 0.5) is 0 Å². The molecule has 0 saturated carbocycles. The van der Waals surface area contributed by atoms with E-state index in [-0.39, 0.29) is 5.91 Å². The number of carbonyl (C=O) groups excluding carboxylic acids is 1. The second-order valence-corrected chi connectivity index (χ2v) is 6.26. The summed E-state index contributed by atoms with van der Waals surface area (Å²) in [6.45, 7) is 6.34. The van der Waals surface area contributed by atoms with E-state index < -0.39 is 6.10 Å².